The first-order chi connectivity index (χ1) is 15.5. The van der Waals surface area contributed by atoms with Gasteiger partial charge >= 0.3 is 5.97 Å². The van der Waals surface area contributed by atoms with Crippen LogP contribution in [-0.2, 0) is 9.53 Å². The van der Waals surface area contributed by atoms with Crippen molar-refractivity contribution in [2.45, 2.75) is 19.8 Å². The van der Waals surface area contributed by atoms with Crippen LogP contribution in [0.15, 0.2) is 53.9 Å². The molecule has 0 fully saturated rings. The summed E-state index contributed by atoms with van der Waals surface area (Å²) in [6, 6.07) is 14.4. The van der Waals surface area contributed by atoms with Crippen LogP contribution in [0.25, 0.3) is 11.1 Å². The number of hydrogen-bond donors (Lipinski definition) is 1. The lowest BCUT2D eigenvalue weighted by molar-refractivity contribution is -0.116. The van der Waals surface area contributed by atoms with Crippen LogP contribution in [0.5, 0.6) is 11.5 Å². The Balaban J connectivity index is 1.61. The zero-order valence-corrected chi connectivity index (χ0v) is 19.4. The topological polar surface area (TPSA) is 73.9 Å². The second kappa shape index (κ2) is 11.5. The van der Waals surface area contributed by atoms with Crippen molar-refractivity contribution in [3.8, 4) is 22.6 Å². The third kappa shape index (κ3) is 6.24. The van der Waals surface area contributed by atoms with Gasteiger partial charge in [0.1, 0.15) is 22.1 Å². The summed E-state index contributed by atoms with van der Waals surface area (Å²) in [6.07, 6.45) is 0.786. The number of thiophene rings is 1. The van der Waals surface area contributed by atoms with Gasteiger partial charge in [-0.15, -0.1) is 11.3 Å². The molecule has 2 aromatic carbocycles. The second-order valence-electron chi connectivity index (χ2n) is 6.76. The molecule has 0 aliphatic carbocycles. The fourth-order valence-electron chi connectivity index (χ4n) is 2.98. The summed E-state index contributed by atoms with van der Waals surface area (Å²) in [7, 11) is 1.61. The molecule has 3 rings (SSSR count). The van der Waals surface area contributed by atoms with E-state index >= 15 is 0 Å². The summed E-state index contributed by atoms with van der Waals surface area (Å²) in [6.45, 7) is 2.38. The van der Waals surface area contributed by atoms with Crippen LogP contribution in [-0.4, -0.2) is 32.2 Å². The molecule has 3 aromatic rings. The zero-order valence-electron chi connectivity index (χ0n) is 17.9. The number of halogens is 1. The Hall–Kier alpha value is -3.03. The number of carbonyl (C=O) groups is 2. The molecule has 0 saturated carbocycles. The number of rotatable bonds is 10. The maximum absolute atomic E-state index is 12.6. The molecular formula is C24H24ClNO5S. The van der Waals surface area contributed by atoms with Crippen molar-refractivity contribution in [3.63, 3.8) is 0 Å². The Labute approximate surface area is 196 Å². The maximum Gasteiger partial charge on any atom is 0.341 e. The van der Waals surface area contributed by atoms with E-state index in [1.54, 1.807) is 26.2 Å². The lowest BCUT2D eigenvalue weighted by Gasteiger charge is -2.09. The molecule has 8 heteroatoms. The summed E-state index contributed by atoms with van der Waals surface area (Å²) in [5, 5.41) is 5.75. The highest BCUT2D eigenvalue weighted by molar-refractivity contribution is 7.15. The van der Waals surface area contributed by atoms with Crippen molar-refractivity contribution in [3.05, 3.63) is 64.5 Å². The third-order valence-corrected chi connectivity index (χ3v) is 5.70. The molecule has 0 bridgehead atoms. The molecule has 0 radical (unpaired) electrons. The minimum absolute atomic E-state index is 0.196. The molecule has 6 nitrogen and oxygen atoms in total. The Morgan fingerprint density at radius 3 is 2.38 bits per heavy atom. The molecule has 0 aliphatic rings. The standard InChI is InChI=1S/C24H24ClNO5S/c1-3-30-24(28)22-20(16-6-8-17(25)9-7-16)15-32-23(22)26-21(27)5-4-14-31-19-12-10-18(29-2)11-13-19/h6-13,15H,3-5,14H2,1-2H3,(H,26,27). The molecule has 1 amide bonds. The quantitative estimate of drug-likeness (QED) is 0.286. The van der Waals surface area contributed by atoms with E-state index in [4.69, 9.17) is 25.8 Å². The first-order valence-corrected chi connectivity index (χ1v) is 11.4. The van der Waals surface area contributed by atoms with Gasteiger partial charge in [0.25, 0.3) is 0 Å². The van der Waals surface area contributed by atoms with E-state index in [2.05, 4.69) is 5.32 Å². The molecule has 32 heavy (non-hydrogen) atoms. The molecular weight excluding hydrogens is 450 g/mol. The highest BCUT2D eigenvalue weighted by atomic mass is 35.5. The number of methoxy groups -OCH3 is 1. The Kier molecular flexibility index (Phi) is 8.53. The van der Waals surface area contributed by atoms with Crippen molar-refractivity contribution in [1.82, 2.24) is 0 Å². The van der Waals surface area contributed by atoms with E-state index in [0.29, 0.717) is 39.9 Å². The Morgan fingerprint density at radius 1 is 1.03 bits per heavy atom. The molecule has 168 valence electrons. The second-order valence-corrected chi connectivity index (χ2v) is 8.07. The van der Waals surface area contributed by atoms with E-state index in [1.807, 2.05) is 41.8 Å². The van der Waals surface area contributed by atoms with Gasteiger partial charge < -0.3 is 19.5 Å². The first-order valence-electron chi connectivity index (χ1n) is 10.1. The van der Waals surface area contributed by atoms with Gasteiger partial charge in [0.05, 0.1) is 20.3 Å². The highest BCUT2D eigenvalue weighted by Crippen LogP contribution is 2.36. The zero-order chi connectivity index (χ0) is 22.9. The van der Waals surface area contributed by atoms with Gasteiger partial charge in [-0.05, 0) is 55.3 Å². The summed E-state index contributed by atoms with van der Waals surface area (Å²) in [5.74, 6) is 0.792. The summed E-state index contributed by atoms with van der Waals surface area (Å²) in [4.78, 5) is 25.1. The van der Waals surface area contributed by atoms with Crippen molar-refractivity contribution < 1.29 is 23.8 Å². The Bertz CT molecular complexity index is 1050. The smallest absolute Gasteiger partial charge is 0.341 e. The lowest BCUT2D eigenvalue weighted by atomic mass is 10.0. The highest BCUT2D eigenvalue weighted by Gasteiger charge is 2.22. The van der Waals surface area contributed by atoms with Crippen LogP contribution in [0.3, 0.4) is 0 Å². The lowest BCUT2D eigenvalue weighted by Crippen LogP contribution is -2.15. The summed E-state index contributed by atoms with van der Waals surface area (Å²) >= 11 is 7.26. The monoisotopic (exact) mass is 473 g/mol. The predicted molar refractivity (Wildman–Crippen MR) is 127 cm³/mol. The number of anilines is 1. The van der Waals surface area contributed by atoms with Gasteiger partial charge in [-0.25, -0.2) is 4.79 Å². The molecule has 0 aliphatic heterocycles. The minimum Gasteiger partial charge on any atom is -0.497 e. The van der Waals surface area contributed by atoms with Crippen molar-refractivity contribution in [2.24, 2.45) is 0 Å². The number of nitrogens with one attached hydrogen (secondary N) is 1. The van der Waals surface area contributed by atoms with Crippen LogP contribution < -0.4 is 14.8 Å². The number of carbonyl (C=O) groups excluding carboxylic acids is 2. The van der Waals surface area contributed by atoms with Crippen LogP contribution in [0, 0.1) is 0 Å². The van der Waals surface area contributed by atoms with E-state index in [0.717, 1.165) is 11.3 Å². The van der Waals surface area contributed by atoms with Gasteiger partial charge in [-0.3, -0.25) is 4.79 Å². The van der Waals surface area contributed by atoms with Gasteiger partial charge in [0.15, 0.2) is 0 Å². The maximum atomic E-state index is 12.6. The molecule has 1 heterocycles. The van der Waals surface area contributed by atoms with Crippen LogP contribution >= 0.6 is 22.9 Å². The molecule has 1 N–H and O–H groups in total. The Morgan fingerprint density at radius 2 is 1.72 bits per heavy atom. The van der Waals surface area contributed by atoms with E-state index in [1.165, 1.54) is 11.3 Å². The molecule has 0 atom stereocenters. The number of esters is 1. The van der Waals surface area contributed by atoms with Crippen molar-refractivity contribution >= 4 is 39.8 Å². The summed E-state index contributed by atoms with van der Waals surface area (Å²) < 4.78 is 16.0. The van der Waals surface area contributed by atoms with Gasteiger partial charge in [-0.1, -0.05) is 23.7 Å². The SMILES string of the molecule is CCOC(=O)c1c(-c2ccc(Cl)cc2)csc1NC(=O)CCCOc1ccc(OC)cc1. The van der Waals surface area contributed by atoms with Gasteiger partial charge in [0, 0.05) is 22.4 Å². The molecule has 0 unspecified atom stereocenters. The van der Waals surface area contributed by atoms with Gasteiger partial charge in [-0.2, -0.15) is 0 Å². The first kappa shape index (κ1) is 23.6. The van der Waals surface area contributed by atoms with Crippen LogP contribution in [0.2, 0.25) is 5.02 Å². The number of hydrogen-bond acceptors (Lipinski definition) is 6. The molecule has 0 saturated heterocycles. The average molecular weight is 474 g/mol. The van der Waals surface area contributed by atoms with E-state index < -0.39 is 5.97 Å². The number of benzene rings is 2. The van der Waals surface area contributed by atoms with Crippen LogP contribution in [0.1, 0.15) is 30.1 Å². The third-order valence-electron chi connectivity index (χ3n) is 4.56. The number of amides is 1. The molecule has 0 spiro atoms. The largest absolute Gasteiger partial charge is 0.497 e. The fraction of sp³-hybridized carbons (Fsp3) is 0.250. The fourth-order valence-corrected chi connectivity index (χ4v) is 4.08. The van der Waals surface area contributed by atoms with Crippen LogP contribution in [0.4, 0.5) is 5.00 Å². The average Bonchev–Trinajstić information content (AvgIpc) is 3.21. The van der Waals surface area contributed by atoms with E-state index in [9.17, 15) is 9.59 Å². The van der Waals surface area contributed by atoms with E-state index in [-0.39, 0.29) is 18.9 Å². The summed E-state index contributed by atoms with van der Waals surface area (Å²) in [5.41, 5.74) is 1.87. The molecule has 1 aromatic heterocycles. The van der Waals surface area contributed by atoms with Crippen molar-refractivity contribution in [1.29, 1.82) is 0 Å². The number of ether oxygens (including phenoxy) is 3. The van der Waals surface area contributed by atoms with Gasteiger partial charge in [0.2, 0.25) is 5.91 Å². The normalized spacial score (nSPS) is 10.5. The predicted octanol–water partition coefficient (Wildman–Crippen LogP) is 6.05. The van der Waals surface area contributed by atoms with Crippen molar-refractivity contribution in [2.75, 3.05) is 25.6 Å². The minimum atomic E-state index is -0.475.